The number of halogens is 3. The predicted molar refractivity (Wildman–Crippen MR) is 111 cm³/mol. The number of hydrogen-bond acceptors (Lipinski definition) is 4. The van der Waals surface area contributed by atoms with Gasteiger partial charge in [-0.05, 0) is 18.6 Å². The van der Waals surface area contributed by atoms with E-state index in [1.165, 1.54) is 13.1 Å². The van der Waals surface area contributed by atoms with E-state index < -0.39 is 29.7 Å². The molecular formula is C20H15ClF2N6O2. The molecule has 4 aromatic rings. The van der Waals surface area contributed by atoms with Crippen molar-refractivity contribution in [2.24, 2.45) is 5.92 Å². The number of carbonyl (C=O) groups is 2. The molecule has 0 radical (unpaired) electrons. The van der Waals surface area contributed by atoms with Crippen LogP contribution in [0.3, 0.4) is 0 Å². The normalized spacial score (nSPS) is 17.8. The average Bonchev–Trinajstić information content (AvgIpc) is 3.11. The zero-order valence-corrected chi connectivity index (χ0v) is 16.8. The summed E-state index contributed by atoms with van der Waals surface area (Å²) in [7, 11) is 0. The third-order valence-electron chi connectivity index (χ3n) is 5.13. The van der Waals surface area contributed by atoms with Crippen LogP contribution in [0.25, 0.3) is 27.7 Å². The first-order chi connectivity index (χ1) is 14.8. The highest BCUT2D eigenvalue weighted by atomic mass is 35.5. The SMILES string of the molecule is CC(=O)Nc1c(F)c(Cl)c(-c2ccc3nc(NC(=O)[C@@H]4C[C@@H]4F)cn3c2)c2cn[nH]c12. The van der Waals surface area contributed by atoms with Crippen molar-refractivity contribution in [3.63, 3.8) is 0 Å². The number of anilines is 2. The minimum Gasteiger partial charge on any atom is -0.322 e. The van der Waals surface area contributed by atoms with Gasteiger partial charge in [-0.15, -0.1) is 0 Å². The van der Waals surface area contributed by atoms with Gasteiger partial charge in [-0.25, -0.2) is 13.8 Å². The Morgan fingerprint density at radius 2 is 2.06 bits per heavy atom. The van der Waals surface area contributed by atoms with Crippen molar-refractivity contribution >= 4 is 51.5 Å². The van der Waals surface area contributed by atoms with Gasteiger partial charge in [-0.1, -0.05) is 11.6 Å². The molecule has 0 spiro atoms. The number of pyridine rings is 1. The molecule has 0 bridgehead atoms. The smallest absolute Gasteiger partial charge is 0.231 e. The Morgan fingerprint density at radius 1 is 1.29 bits per heavy atom. The van der Waals surface area contributed by atoms with Crippen molar-refractivity contribution in [1.82, 2.24) is 19.6 Å². The minimum absolute atomic E-state index is 0.0753. The Bertz CT molecular complexity index is 1380. The van der Waals surface area contributed by atoms with Gasteiger partial charge in [-0.3, -0.25) is 14.7 Å². The molecule has 3 aromatic heterocycles. The lowest BCUT2D eigenvalue weighted by molar-refractivity contribution is -0.117. The summed E-state index contributed by atoms with van der Waals surface area (Å²) in [6.07, 6.45) is 3.88. The molecule has 31 heavy (non-hydrogen) atoms. The van der Waals surface area contributed by atoms with Crippen molar-refractivity contribution < 1.29 is 18.4 Å². The number of aromatic nitrogens is 4. The molecule has 0 unspecified atom stereocenters. The van der Waals surface area contributed by atoms with Crippen LogP contribution in [-0.4, -0.2) is 37.6 Å². The van der Waals surface area contributed by atoms with E-state index in [0.29, 0.717) is 27.7 Å². The largest absolute Gasteiger partial charge is 0.322 e. The second-order valence-electron chi connectivity index (χ2n) is 7.37. The summed E-state index contributed by atoms with van der Waals surface area (Å²) in [4.78, 5) is 27.7. The quantitative estimate of drug-likeness (QED) is 0.443. The molecule has 1 saturated carbocycles. The third-order valence-corrected chi connectivity index (χ3v) is 5.49. The van der Waals surface area contributed by atoms with E-state index in [1.807, 2.05) is 0 Å². The van der Waals surface area contributed by atoms with E-state index in [9.17, 15) is 18.4 Å². The standard InChI is InChI=1S/C20H15ClF2N6O2/c1-8(30)25-19-17(23)16(21)15(11-5-24-28-18(11)19)9-2-3-14-26-13(7-29(14)6-9)27-20(31)10-4-12(10)22/h2-3,5-7,10,12H,4H2,1H3,(H,24,28)(H,25,30)(H,27,31)/t10-,12+/m1/s1. The van der Waals surface area contributed by atoms with Gasteiger partial charge in [0.1, 0.15) is 17.5 Å². The first-order valence-corrected chi connectivity index (χ1v) is 9.77. The predicted octanol–water partition coefficient (Wildman–Crippen LogP) is 3.93. The third kappa shape index (κ3) is 3.28. The maximum absolute atomic E-state index is 15.0. The molecule has 5 rings (SSSR count). The van der Waals surface area contributed by atoms with Gasteiger partial charge in [0.15, 0.2) is 11.6 Å². The van der Waals surface area contributed by atoms with Gasteiger partial charge < -0.3 is 15.0 Å². The van der Waals surface area contributed by atoms with Crippen molar-refractivity contribution in [2.75, 3.05) is 10.6 Å². The molecule has 3 heterocycles. The number of aromatic amines is 1. The van der Waals surface area contributed by atoms with Crippen LogP contribution in [-0.2, 0) is 9.59 Å². The van der Waals surface area contributed by atoms with Gasteiger partial charge in [0.2, 0.25) is 11.8 Å². The Balaban J connectivity index is 1.57. The number of carbonyl (C=O) groups excluding carboxylic acids is 2. The summed E-state index contributed by atoms with van der Waals surface area (Å²) in [6.45, 7) is 1.27. The van der Waals surface area contributed by atoms with Gasteiger partial charge in [0, 0.05) is 29.6 Å². The molecule has 1 aliphatic carbocycles. The lowest BCUT2D eigenvalue weighted by Gasteiger charge is -2.13. The van der Waals surface area contributed by atoms with E-state index >= 15 is 0 Å². The average molecular weight is 445 g/mol. The van der Waals surface area contributed by atoms with Crippen LogP contribution in [0.15, 0.2) is 30.7 Å². The lowest BCUT2D eigenvalue weighted by Crippen LogP contribution is -2.15. The zero-order valence-electron chi connectivity index (χ0n) is 16.0. The Morgan fingerprint density at radius 3 is 2.77 bits per heavy atom. The molecule has 1 fully saturated rings. The molecule has 0 saturated heterocycles. The number of rotatable bonds is 4. The highest BCUT2D eigenvalue weighted by Gasteiger charge is 2.43. The fourth-order valence-electron chi connectivity index (χ4n) is 3.54. The van der Waals surface area contributed by atoms with Gasteiger partial charge in [0.05, 0.1) is 28.9 Å². The molecular weight excluding hydrogens is 430 g/mol. The molecule has 2 amide bonds. The summed E-state index contributed by atoms with van der Waals surface area (Å²) in [6, 6.07) is 3.39. The molecule has 1 aromatic carbocycles. The van der Waals surface area contributed by atoms with Crippen LogP contribution in [0.2, 0.25) is 5.02 Å². The van der Waals surface area contributed by atoms with Crippen LogP contribution in [0, 0.1) is 11.7 Å². The van der Waals surface area contributed by atoms with E-state index in [0.717, 1.165) is 0 Å². The topological polar surface area (TPSA) is 104 Å². The van der Waals surface area contributed by atoms with Gasteiger partial charge >= 0.3 is 0 Å². The number of H-pyrrole nitrogens is 1. The number of nitrogens with zero attached hydrogens (tertiary/aromatic N) is 3. The summed E-state index contributed by atoms with van der Waals surface area (Å²) in [5.41, 5.74) is 1.71. The van der Waals surface area contributed by atoms with Crippen LogP contribution < -0.4 is 10.6 Å². The highest BCUT2D eigenvalue weighted by molar-refractivity contribution is 6.36. The van der Waals surface area contributed by atoms with E-state index in [4.69, 9.17) is 11.6 Å². The summed E-state index contributed by atoms with van der Waals surface area (Å²) in [5.74, 6) is -1.98. The van der Waals surface area contributed by atoms with Gasteiger partial charge in [0.25, 0.3) is 0 Å². The number of alkyl halides is 1. The Hall–Kier alpha value is -3.53. The number of fused-ring (bicyclic) bond motifs is 2. The molecule has 2 atom stereocenters. The number of imidazole rings is 1. The molecule has 11 heteroatoms. The molecule has 158 valence electrons. The van der Waals surface area contributed by atoms with Crippen molar-refractivity contribution in [3.8, 4) is 11.1 Å². The van der Waals surface area contributed by atoms with Gasteiger partial charge in [-0.2, -0.15) is 5.10 Å². The molecule has 0 aliphatic heterocycles. The summed E-state index contributed by atoms with van der Waals surface area (Å²) < 4.78 is 29.7. The number of benzene rings is 1. The fourth-order valence-corrected chi connectivity index (χ4v) is 3.85. The first-order valence-electron chi connectivity index (χ1n) is 9.39. The van der Waals surface area contributed by atoms with Crippen molar-refractivity contribution in [1.29, 1.82) is 0 Å². The van der Waals surface area contributed by atoms with Crippen molar-refractivity contribution in [2.45, 2.75) is 19.5 Å². The Labute approximate surface area is 178 Å². The van der Waals surface area contributed by atoms with Crippen molar-refractivity contribution in [3.05, 3.63) is 41.6 Å². The van der Waals surface area contributed by atoms with Crippen LogP contribution >= 0.6 is 11.6 Å². The number of amides is 2. The minimum atomic E-state index is -1.10. The number of hydrogen-bond donors (Lipinski definition) is 3. The van der Waals surface area contributed by atoms with E-state index in [-0.39, 0.29) is 22.9 Å². The molecule has 1 aliphatic rings. The molecule has 8 nitrogen and oxygen atoms in total. The number of nitrogens with one attached hydrogen (secondary N) is 3. The van der Waals surface area contributed by atoms with Crippen LogP contribution in [0.4, 0.5) is 20.3 Å². The zero-order chi connectivity index (χ0) is 21.9. The monoisotopic (exact) mass is 444 g/mol. The second-order valence-corrected chi connectivity index (χ2v) is 7.75. The summed E-state index contributed by atoms with van der Waals surface area (Å²) in [5, 5.41) is 12.0. The van der Waals surface area contributed by atoms with Crippen LogP contribution in [0.1, 0.15) is 13.3 Å². The van der Waals surface area contributed by atoms with E-state index in [2.05, 4.69) is 25.8 Å². The second kappa shape index (κ2) is 7.02. The fraction of sp³-hybridized carbons (Fsp3) is 0.200. The molecule has 3 N–H and O–H groups in total. The maximum Gasteiger partial charge on any atom is 0.231 e. The Kier molecular flexibility index (Phi) is 4.40. The highest BCUT2D eigenvalue weighted by Crippen LogP contribution is 2.41. The van der Waals surface area contributed by atoms with E-state index in [1.54, 1.807) is 28.9 Å². The maximum atomic E-state index is 15.0. The lowest BCUT2D eigenvalue weighted by atomic mass is 10.0. The summed E-state index contributed by atoms with van der Waals surface area (Å²) >= 11 is 6.35. The first kappa shape index (κ1) is 19.4. The van der Waals surface area contributed by atoms with Crippen LogP contribution in [0.5, 0.6) is 0 Å².